The maximum absolute atomic E-state index is 13.5. The van der Waals surface area contributed by atoms with Gasteiger partial charge >= 0.3 is 0 Å². The van der Waals surface area contributed by atoms with Crippen molar-refractivity contribution < 1.29 is 13.9 Å². The summed E-state index contributed by atoms with van der Waals surface area (Å²) in [6, 6.07) is 4.61. The quantitative estimate of drug-likeness (QED) is 0.897. The minimum absolute atomic E-state index is 0.0343. The Morgan fingerprint density at radius 1 is 1.52 bits per heavy atom. The highest BCUT2D eigenvalue weighted by molar-refractivity contribution is 5.99. The largest absolute Gasteiger partial charge is 0.378 e. The molecule has 21 heavy (non-hydrogen) atoms. The average Bonchev–Trinajstić information content (AvgIpc) is 2.42. The molecule has 1 saturated carbocycles. The van der Waals surface area contributed by atoms with Gasteiger partial charge in [-0.05, 0) is 31.5 Å². The molecule has 0 radical (unpaired) electrons. The summed E-state index contributed by atoms with van der Waals surface area (Å²) in [6.07, 6.45) is 0.432. The summed E-state index contributed by atoms with van der Waals surface area (Å²) < 4.78 is 19.1. The maximum atomic E-state index is 13.5. The van der Waals surface area contributed by atoms with Gasteiger partial charge in [-0.3, -0.25) is 4.79 Å². The van der Waals surface area contributed by atoms with Crippen LogP contribution < -0.4 is 11.1 Å². The smallest absolute Gasteiger partial charge is 0.245 e. The molecule has 4 nitrogen and oxygen atoms in total. The topological polar surface area (TPSA) is 64.3 Å². The van der Waals surface area contributed by atoms with E-state index in [1.807, 2.05) is 20.8 Å². The van der Waals surface area contributed by atoms with Gasteiger partial charge in [-0.2, -0.15) is 0 Å². The number of nitrogens with one attached hydrogen (secondary N) is 1. The van der Waals surface area contributed by atoms with E-state index in [0.717, 1.165) is 0 Å². The van der Waals surface area contributed by atoms with Gasteiger partial charge in [0.15, 0.2) is 0 Å². The summed E-state index contributed by atoms with van der Waals surface area (Å²) in [6.45, 7) is 8.03. The molecular weight excluding hydrogens is 271 g/mol. The lowest BCUT2D eigenvalue weighted by Gasteiger charge is -2.57. The van der Waals surface area contributed by atoms with Gasteiger partial charge in [0.05, 0.1) is 6.10 Å². The molecule has 1 aromatic carbocycles. The number of ether oxygens (including phenoxy) is 1. The molecule has 1 amide bonds. The van der Waals surface area contributed by atoms with Crippen LogP contribution in [0.3, 0.4) is 0 Å². The lowest BCUT2D eigenvalue weighted by atomic mass is 9.54. The number of hydrogen-bond acceptors (Lipinski definition) is 3. The standard InChI is InChI=1S/C16H23FN2O2/c1-5-21-13-9-16(18,15(13,3)4)14(20)19-11-7-6-10(2)12(17)8-11/h6-8,13H,5,9,18H2,1-4H3,(H,19,20). The molecule has 0 aliphatic heterocycles. The number of nitrogens with two attached hydrogens (primary N) is 1. The van der Waals surface area contributed by atoms with Crippen LogP contribution in [0.4, 0.5) is 10.1 Å². The molecule has 1 aliphatic carbocycles. The molecule has 1 aromatic rings. The number of benzene rings is 1. The van der Waals surface area contributed by atoms with Gasteiger partial charge < -0.3 is 15.8 Å². The average molecular weight is 294 g/mol. The van der Waals surface area contributed by atoms with Gasteiger partial charge in [-0.1, -0.05) is 19.9 Å². The van der Waals surface area contributed by atoms with Crippen molar-refractivity contribution in [3.05, 3.63) is 29.6 Å². The maximum Gasteiger partial charge on any atom is 0.245 e. The SMILES string of the molecule is CCOC1CC(N)(C(=O)Nc2ccc(C)c(F)c2)C1(C)C. The number of aryl methyl sites for hydroxylation is 1. The minimum Gasteiger partial charge on any atom is -0.378 e. The van der Waals surface area contributed by atoms with Crippen LogP contribution in [-0.2, 0) is 9.53 Å². The summed E-state index contributed by atoms with van der Waals surface area (Å²) in [7, 11) is 0. The van der Waals surface area contributed by atoms with E-state index in [0.29, 0.717) is 24.3 Å². The van der Waals surface area contributed by atoms with Crippen LogP contribution in [0.1, 0.15) is 32.8 Å². The third kappa shape index (κ3) is 2.56. The fourth-order valence-corrected chi connectivity index (χ4v) is 2.73. The lowest BCUT2D eigenvalue weighted by Crippen LogP contribution is -2.74. The van der Waals surface area contributed by atoms with E-state index in [-0.39, 0.29) is 17.8 Å². The van der Waals surface area contributed by atoms with E-state index >= 15 is 0 Å². The second kappa shape index (κ2) is 5.39. The van der Waals surface area contributed by atoms with Crippen LogP contribution in [0.2, 0.25) is 0 Å². The molecule has 116 valence electrons. The molecule has 0 aromatic heterocycles. The second-order valence-electron chi connectivity index (χ2n) is 6.26. The molecule has 2 unspecified atom stereocenters. The first-order valence-electron chi connectivity index (χ1n) is 7.20. The van der Waals surface area contributed by atoms with Crippen LogP contribution in [0.5, 0.6) is 0 Å². The van der Waals surface area contributed by atoms with Crippen molar-refractivity contribution in [2.24, 2.45) is 11.1 Å². The summed E-state index contributed by atoms with van der Waals surface area (Å²) in [5.74, 6) is -0.648. The number of carbonyl (C=O) groups is 1. The highest BCUT2D eigenvalue weighted by Gasteiger charge is 2.62. The van der Waals surface area contributed by atoms with Crippen LogP contribution >= 0.6 is 0 Å². The van der Waals surface area contributed by atoms with Gasteiger partial charge in [0, 0.05) is 24.1 Å². The summed E-state index contributed by atoms with van der Waals surface area (Å²) >= 11 is 0. The third-order valence-electron chi connectivity index (χ3n) is 4.66. The van der Waals surface area contributed by atoms with Gasteiger partial charge in [-0.15, -0.1) is 0 Å². The molecule has 2 rings (SSSR count). The zero-order valence-electron chi connectivity index (χ0n) is 13.0. The van der Waals surface area contributed by atoms with Crippen LogP contribution in [0, 0.1) is 18.2 Å². The molecule has 5 heteroatoms. The van der Waals surface area contributed by atoms with Crippen molar-refractivity contribution in [1.29, 1.82) is 0 Å². The Kier molecular flexibility index (Phi) is 4.08. The fourth-order valence-electron chi connectivity index (χ4n) is 2.73. The zero-order chi connectivity index (χ0) is 15.8. The van der Waals surface area contributed by atoms with Gasteiger partial charge in [0.2, 0.25) is 5.91 Å². The zero-order valence-corrected chi connectivity index (χ0v) is 13.0. The number of rotatable bonds is 4. The van der Waals surface area contributed by atoms with Crippen molar-refractivity contribution in [3.63, 3.8) is 0 Å². The van der Waals surface area contributed by atoms with Crippen molar-refractivity contribution >= 4 is 11.6 Å². The molecule has 3 N–H and O–H groups in total. The molecular formula is C16H23FN2O2. The molecule has 0 spiro atoms. The van der Waals surface area contributed by atoms with Gasteiger partial charge in [0.1, 0.15) is 11.4 Å². The molecule has 0 heterocycles. The van der Waals surface area contributed by atoms with E-state index in [9.17, 15) is 9.18 Å². The Morgan fingerprint density at radius 2 is 2.19 bits per heavy atom. The molecule has 0 bridgehead atoms. The van der Waals surface area contributed by atoms with E-state index in [1.54, 1.807) is 19.1 Å². The Bertz CT molecular complexity index is 559. The molecule has 1 aliphatic rings. The van der Waals surface area contributed by atoms with Gasteiger partial charge in [-0.25, -0.2) is 4.39 Å². The van der Waals surface area contributed by atoms with Crippen LogP contribution in [0.25, 0.3) is 0 Å². The summed E-state index contributed by atoms with van der Waals surface area (Å²) in [4.78, 5) is 12.5. The lowest BCUT2D eigenvalue weighted by molar-refractivity contribution is -0.166. The summed E-state index contributed by atoms with van der Waals surface area (Å²) in [5, 5.41) is 2.71. The first-order valence-corrected chi connectivity index (χ1v) is 7.20. The summed E-state index contributed by atoms with van der Waals surface area (Å²) in [5.41, 5.74) is 5.76. The third-order valence-corrected chi connectivity index (χ3v) is 4.66. The number of amides is 1. The van der Waals surface area contributed by atoms with Crippen LogP contribution in [0.15, 0.2) is 18.2 Å². The van der Waals surface area contributed by atoms with E-state index in [2.05, 4.69) is 5.32 Å². The highest BCUT2D eigenvalue weighted by Crippen LogP contribution is 2.50. The van der Waals surface area contributed by atoms with E-state index in [4.69, 9.17) is 10.5 Å². The Balaban J connectivity index is 2.12. The number of hydrogen-bond donors (Lipinski definition) is 2. The number of halogens is 1. The first-order chi connectivity index (χ1) is 9.72. The molecule has 0 saturated heterocycles. The molecule has 2 atom stereocenters. The Labute approximate surface area is 124 Å². The normalized spacial score (nSPS) is 27.0. The Hall–Kier alpha value is -1.46. The predicted octanol–water partition coefficient (Wildman–Crippen LogP) is 2.61. The molecule has 1 fully saturated rings. The van der Waals surface area contributed by atoms with Crippen molar-refractivity contribution in [3.8, 4) is 0 Å². The Morgan fingerprint density at radius 3 is 2.71 bits per heavy atom. The van der Waals surface area contributed by atoms with Crippen molar-refractivity contribution in [1.82, 2.24) is 0 Å². The first kappa shape index (κ1) is 15.9. The van der Waals surface area contributed by atoms with E-state index < -0.39 is 11.0 Å². The minimum atomic E-state index is -1.01. The predicted molar refractivity (Wildman–Crippen MR) is 80.5 cm³/mol. The van der Waals surface area contributed by atoms with Crippen LogP contribution in [-0.4, -0.2) is 24.2 Å². The van der Waals surface area contributed by atoms with E-state index in [1.165, 1.54) is 6.07 Å². The number of anilines is 1. The fraction of sp³-hybridized carbons (Fsp3) is 0.562. The highest BCUT2D eigenvalue weighted by atomic mass is 19.1. The monoisotopic (exact) mass is 294 g/mol. The number of carbonyl (C=O) groups excluding carboxylic acids is 1. The second-order valence-corrected chi connectivity index (χ2v) is 6.26. The van der Waals surface area contributed by atoms with Gasteiger partial charge in [0.25, 0.3) is 0 Å². The van der Waals surface area contributed by atoms with Crippen molar-refractivity contribution in [2.75, 3.05) is 11.9 Å². The van der Waals surface area contributed by atoms with Crippen molar-refractivity contribution in [2.45, 2.75) is 45.8 Å².